The predicted octanol–water partition coefficient (Wildman–Crippen LogP) is 3.02. The summed E-state index contributed by atoms with van der Waals surface area (Å²) in [6.07, 6.45) is 3.79. The monoisotopic (exact) mass is 143 g/mol. The summed E-state index contributed by atoms with van der Waals surface area (Å²) in [4.78, 5) is 0. The van der Waals surface area contributed by atoms with E-state index in [1.54, 1.807) is 0 Å². The largest absolute Gasteiger partial charge is 0.233 e. The Labute approximate surface area is 64.5 Å². The zero-order valence-electron chi connectivity index (χ0n) is 7.39. The number of rotatable bonds is 5. The van der Waals surface area contributed by atoms with Crippen molar-refractivity contribution in [1.82, 2.24) is 0 Å². The molecule has 0 rings (SSSR count). The Bertz CT molecular complexity index is 71.1. The first-order chi connectivity index (χ1) is 4.76. The quantitative estimate of drug-likeness (QED) is 0.563. The molecule has 1 radical (unpaired) electrons. The molecule has 0 aliphatic rings. The van der Waals surface area contributed by atoms with Gasteiger partial charge in [-0.15, -0.1) is 0 Å². The fraction of sp³-hybridized carbons (Fsp3) is 1.00. The van der Waals surface area contributed by atoms with E-state index in [1.807, 2.05) is 6.92 Å². The van der Waals surface area contributed by atoms with Gasteiger partial charge in [0.25, 0.3) is 0 Å². The molecule has 0 spiro atoms. The third-order valence-corrected chi connectivity index (χ3v) is 2.11. The van der Waals surface area contributed by atoms with Crippen molar-refractivity contribution >= 4 is 0 Å². The molecular formula is C9H19O. The minimum Gasteiger partial charge on any atom is -0.233 e. The summed E-state index contributed by atoms with van der Waals surface area (Å²) in [5.74, 6) is 0.426. The van der Waals surface area contributed by atoms with Gasteiger partial charge in [-0.3, -0.25) is 0 Å². The van der Waals surface area contributed by atoms with E-state index in [-0.39, 0.29) is 6.10 Å². The van der Waals surface area contributed by atoms with Crippen LogP contribution in [-0.2, 0) is 5.11 Å². The Morgan fingerprint density at radius 3 is 2.00 bits per heavy atom. The van der Waals surface area contributed by atoms with E-state index in [1.165, 1.54) is 0 Å². The van der Waals surface area contributed by atoms with Gasteiger partial charge >= 0.3 is 0 Å². The maximum atomic E-state index is 11.2. The van der Waals surface area contributed by atoms with Gasteiger partial charge in [0, 0.05) is 0 Å². The molecule has 0 amide bonds. The minimum atomic E-state index is -0.315. The van der Waals surface area contributed by atoms with Crippen molar-refractivity contribution in [2.75, 3.05) is 0 Å². The second kappa shape index (κ2) is 5.72. The summed E-state index contributed by atoms with van der Waals surface area (Å²) in [7, 11) is 0. The van der Waals surface area contributed by atoms with E-state index >= 15 is 0 Å². The van der Waals surface area contributed by atoms with Crippen LogP contribution in [-0.4, -0.2) is 6.10 Å². The van der Waals surface area contributed by atoms with Crippen LogP contribution in [0.5, 0.6) is 0 Å². The van der Waals surface area contributed by atoms with E-state index in [4.69, 9.17) is 0 Å². The highest BCUT2D eigenvalue weighted by molar-refractivity contribution is 4.64. The highest BCUT2D eigenvalue weighted by atomic mass is 16.3. The van der Waals surface area contributed by atoms with E-state index in [2.05, 4.69) is 13.8 Å². The standard InChI is InChI=1S/C9H19O/c1-4-7-8(5-2)9(10)6-3/h8-9H,4-7H2,1-3H3. The Morgan fingerprint density at radius 1 is 1.10 bits per heavy atom. The molecule has 2 unspecified atom stereocenters. The van der Waals surface area contributed by atoms with Gasteiger partial charge in [0.05, 0.1) is 6.10 Å². The first-order valence-electron chi connectivity index (χ1n) is 4.42. The fourth-order valence-corrected chi connectivity index (χ4v) is 1.36. The average molecular weight is 143 g/mol. The first-order valence-corrected chi connectivity index (χ1v) is 4.42. The number of hydrogen-bond donors (Lipinski definition) is 0. The van der Waals surface area contributed by atoms with Crippen LogP contribution in [0.1, 0.15) is 46.5 Å². The highest BCUT2D eigenvalue weighted by Crippen LogP contribution is 2.17. The van der Waals surface area contributed by atoms with E-state index < -0.39 is 0 Å². The smallest absolute Gasteiger partial charge is 0.0955 e. The molecule has 1 heteroatoms. The lowest BCUT2D eigenvalue weighted by molar-refractivity contribution is 0.0282. The van der Waals surface area contributed by atoms with Crippen molar-refractivity contribution in [1.29, 1.82) is 0 Å². The van der Waals surface area contributed by atoms with Crippen LogP contribution in [0.4, 0.5) is 0 Å². The van der Waals surface area contributed by atoms with Gasteiger partial charge in [0.1, 0.15) is 0 Å². The molecule has 1 nitrogen and oxygen atoms in total. The number of hydrogen-bond acceptors (Lipinski definition) is 0. The van der Waals surface area contributed by atoms with Crippen LogP contribution in [0.3, 0.4) is 0 Å². The van der Waals surface area contributed by atoms with Crippen molar-refractivity contribution in [3.05, 3.63) is 0 Å². The molecule has 0 saturated carbocycles. The van der Waals surface area contributed by atoms with Crippen molar-refractivity contribution in [2.24, 2.45) is 5.92 Å². The zero-order valence-corrected chi connectivity index (χ0v) is 7.39. The average Bonchev–Trinajstić information content (AvgIpc) is 1.99. The highest BCUT2D eigenvalue weighted by Gasteiger charge is 2.15. The van der Waals surface area contributed by atoms with Crippen molar-refractivity contribution in [2.45, 2.75) is 52.6 Å². The normalized spacial score (nSPS) is 16.8. The molecule has 0 bridgehead atoms. The molecule has 0 saturated heterocycles. The summed E-state index contributed by atoms with van der Waals surface area (Å²) in [6.45, 7) is 6.24. The second-order valence-electron chi connectivity index (χ2n) is 2.90. The van der Waals surface area contributed by atoms with Gasteiger partial charge in [-0.25, -0.2) is 5.11 Å². The summed E-state index contributed by atoms with van der Waals surface area (Å²) in [5, 5.41) is 11.2. The van der Waals surface area contributed by atoms with Gasteiger partial charge in [-0.1, -0.05) is 33.6 Å². The molecule has 61 valence electrons. The van der Waals surface area contributed by atoms with Crippen molar-refractivity contribution in [3.8, 4) is 0 Å². The Balaban J connectivity index is 3.56. The van der Waals surface area contributed by atoms with Crippen LogP contribution in [0, 0.1) is 5.92 Å². The predicted molar refractivity (Wildman–Crippen MR) is 43.5 cm³/mol. The molecule has 0 aliphatic carbocycles. The Morgan fingerprint density at radius 2 is 1.70 bits per heavy atom. The Hall–Kier alpha value is -0.0400. The van der Waals surface area contributed by atoms with E-state index in [0.717, 1.165) is 25.7 Å². The molecular weight excluding hydrogens is 124 g/mol. The molecule has 10 heavy (non-hydrogen) atoms. The van der Waals surface area contributed by atoms with Gasteiger partial charge in [0.2, 0.25) is 0 Å². The molecule has 0 fully saturated rings. The topological polar surface area (TPSA) is 19.9 Å². The second-order valence-corrected chi connectivity index (χ2v) is 2.90. The zero-order chi connectivity index (χ0) is 7.98. The third-order valence-electron chi connectivity index (χ3n) is 2.11. The SMILES string of the molecule is CCCC(CC)C([O])CC. The van der Waals surface area contributed by atoms with Crippen LogP contribution in [0.25, 0.3) is 0 Å². The lowest BCUT2D eigenvalue weighted by atomic mass is 9.93. The molecule has 0 aromatic carbocycles. The molecule has 0 aromatic heterocycles. The molecule has 0 N–H and O–H groups in total. The summed E-state index contributed by atoms with van der Waals surface area (Å²) in [6, 6.07) is 0. The Kier molecular flexibility index (Phi) is 5.70. The van der Waals surface area contributed by atoms with Crippen molar-refractivity contribution < 1.29 is 5.11 Å². The van der Waals surface area contributed by atoms with Crippen molar-refractivity contribution in [3.63, 3.8) is 0 Å². The molecule has 2 atom stereocenters. The maximum absolute atomic E-state index is 11.2. The lowest BCUT2D eigenvalue weighted by Crippen LogP contribution is -2.16. The van der Waals surface area contributed by atoms with E-state index in [0.29, 0.717) is 5.92 Å². The van der Waals surface area contributed by atoms with Gasteiger partial charge in [-0.2, -0.15) is 0 Å². The lowest BCUT2D eigenvalue weighted by Gasteiger charge is -2.16. The molecule has 0 heterocycles. The summed E-state index contributed by atoms with van der Waals surface area (Å²) >= 11 is 0. The van der Waals surface area contributed by atoms with Crippen LogP contribution >= 0.6 is 0 Å². The first kappa shape index (κ1) is 9.96. The van der Waals surface area contributed by atoms with Gasteiger partial charge in [-0.05, 0) is 18.8 Å². The van der Waals surface area contributed by atoms with E-state index in [9.17, 15) is 5.11 Å². The third kappa shape index (κ3) is 3.21. The molecule has 0 aliphatic heterocycles. The van der Waals surface area contributed by atoms with Gasteiger partial charge < -0.3 is 0 Å². The van der Waals surface area contributed by atoms with Crippen LogP contribution in [0.2, 0.25) is 0 Å². The fourth-order valence-electron chi connectivity index (χ4n) is 1.36. The van der Waals surface area contributed by atoms with Crippen LogP contribution in [0.15, 0.2) is 0 Å². The maximum Gasteiger partial charge on any atom is 0.0955 e. The van der Waals surface area contributed by atoms with Gasteiger partial charge in [0.15, 0.2) is 0 Å². The van der Waals surface area contributed by atoms with Crippen LogP contribution < -0.4 is 0 Å². The summed E-state index contributed by atoms with van der Waals surface area (Å²) < 4.78 is 0. The summed E-state index contributed by atoms with van der Waals surface area (Å²) in [5.41, 5.74) is 0. The minimum absolute atomic E-state index is 0.315. The molecule has 0 aromatic rings.